The summed E-state index contributed by atoms with van der Waals surface area (Å²) in [5.41, 5.74) is 10.2. The molecule has 4 aromatic rings. The molecule has 188 valence electrons. The van der Waals surface area contributed by atoms with Crippen molar-refractivity contribution in [2.75, 3.05) is 18.8 Å². The van der Waals surface area contributed by atoms with Crippen LogP contribution in [-0.4, -0.2) is 38.7 Å². The average molecular weight is 486 g/mol. The van der Waals surface area contributed by atoms with E-state index >= 15 is 0 Å². The van der Waals surface area contributed by atoms with E-state index in [1.807, 2.05) is 49.5 Å². The maximum absolute atomic E-state index is 9.49. The van der Waals surface area contributed by atoms with E-state index in [4.69, 9.17) is 15.5 Å². The Hall–Kier alpha value is -3.42. The van der Waals surface area contributed by atoms with Crippen molar-refractivity contribution < 1.29 is 9.84 Å². The van der Waals surface area contributed by atoms with Gasteiger partial charge in [0.1, 0.15) is 35.2 Å². The molecule has 2 aromatic heterocycles. The van der Waals surface area contributed by atoms with E-state index in [0.29, 0.717) is 30.8 Å². The number of aliphatic hydroxyl groups is 1. The molecule has 7 heteroatoms. The van der Waals surface area contributed by atoms with Crippen LogP contribution >= 0.6 is 0 Å². The van der Waals surface area contributed by atoms with Gasteiger partial charge in [0.15, 0.2) is 0 Å². The molecule has 36 heavy (non-hydrogen) atoms. The zero-order chi connectivity index (χ0) is 24.9. The molecule has 5 rings (SSSR count). The molecule has 1 aliphatic carbocycles. The molecule has 0 bridgehead atoms. The number of imidazole rings is 1. The van der Waals surface area contributed by atoms with Crippen molar-refractivity contribution in [1.29, 1.82) is 0 Å². The number of benzene rings is 2. The molecule has 7 nitrogen and oxygen atoms in total. The number of fused-ring (bicyclic) bond motifs is 1. The molecule has 1 unspecified atom stereocenters. The van der Waals surface area contributed by atoms with Gasteiger partial charge < -0.3 is 20.9 Å². The van der Waals surface area contributed by atoms with Crippen LogP contribution in [0.5, 0.6) is 5.75 Å². The minimum Gasteiger partial charge on any atom is -0.489 e. The highest BCUT2D eigenvalue weighted by molar-refractivity contribution is 5.85. The molecular formula is C29H35N5O2. The van der Waals surface area contributed by atoms with E-state index in [1.165, 1.54) is 0 Å². The van der Waals surface area contributed by atoms with Crippen molar-refractivity contribution in [3.8, 4) is 17.0 Å². The first-order valence-corrected chi connectivity index (χ1v) is 12.9. The van der Waals surface area contributed by atoms with E-state index in [9.17, 15) is 5.11 Å². The van der Waals surface area contributed by atoms with Crippen LogP contribution < -0.4 is 15.8 Å². The monoisotopic (exact) mass is 485 g/mol. The van der Waals surface area contributed by atoms with E-state index in [1.54, 1.807) is 6.20 Å². The second-order valence-electron chi connectivity index (χ2n) is 9.88. The lowest BCUT2D eigenvalue weighted by Crippen LogP contribution is -2.31. The average Bonchev–Trinajstić information content (AvgIpc) is 3.30. The second kappa shape index (κ2) is 11.1. The number of hydrogen-bond acceptors (Lipinski definition) is 6. The number of nitrogens with two attached hydrogens (primary N) is 1. The van der Waals surface area contributed by atoms with Gasteiger partial charge in [0.05, 0.1) is 6.10 Å². The Morgan fingerprint density at radius 3 is 2.69 bits per heavy atom. The number of anilines is 1. The molecule has 1 aliphatic rings. The van der Waals surface area contributed by atoms with Crippen LogP contribution in [0.1, 0.15) is 49.9 Å². The van der Waals surface area contributed by atoms with Crippen LogP contribution in [0.25, 0.3) is 16.8 Å². The van der Waals surface area contributed by atoms with Crippen molar-refractivity contribution in [2.24, 2.45) is 5.92 Å². The Bertz CT molecular complexity index is 1280. The van der Waals surface area contributed by atoms with Crippen LogP contribution in [-0.2, 0) is 6.61 Å². The summed E-state index contributed by atoms with van der Waals surface area (Å²) in [6.07, 6.45) is 7.88. The summed E-state index contributed by atoms with van der Waals surface area (Å²) in [6.45, 7) is 3.93. The fourth-order valence-electron chi connectivity index (χ4n) is 5.17. The lowest BCUT2D eigenvalue weighted by atomic mass is 9.81. The van der Waals surface area contributed by atoms with Crippen molar-refractivity contribution >= 4 is 11.3 Å². The van der Waals surface area contributed by atoms with Gasteiger partial charge in [-0.15, -0.1) is 0 Å². The van der Waals surface area contributed by atoms with Gasteiger partial charge in [0, 0.05) is 30.4 Å². The molecule has 1 atom stereocenters. The first-order chi connectivity index (χ1) is 17.6. The van der Waals surface area contributed by atoms with Gasteiger partial charge in [-0.05, 0) is 62.8 Å². The highest BCUT2D eigenvalue weighted by Crippen LogP contribution is 2.38. The molecule has 0 amide bonds. The zero-order valence-corrected chi connectivity index (χ0v) is 20.8. The number of aliphatic hydroxyl groups excluding tert-OH is 1. The quantitative estimate of drug-likeness (QED) is 0.315. The molecule has 0 saturated heterocycles. The summed E-state index contributed by atoms with van der Waals surface area (Å²) in [5, 5.41) is 12.9. The van der Waals surface area contributed by atoms with Gasteiger partial charge in [0.2, 0.25) is 0 Å². The Morgan fingerprint density at radius 2 is 1.92 bits per heavy atom. The fourth-order valence-corrected chi connectivity index (χ4v) is 5.17. The third kappa shape index (κ3) is 5.53. The zero-order valence-electron chi connectivity index (χ0n) is 20.8. The molecule has 0 spiro atoms. The number of nitrogens with zero attached hydrogens (tertiary/aromatic N) is 3. The third-order valence-electron chi connectivity index (χ3n) is 7.05. The first-order valence-electron chi connectivity index (χ1n) is 12.9. The fraction of sp³-hybridized carbons (Fsp3) is 0.379. The Kier molecular flexibility index (Phi) is 7.49. The number of nitrogen functional groups attached to an aromatic ring is 1. The third-order valence-corrected chi connectivity index (χ3v) is 7.05. The summed E-state index contributed by atoms with van der Waals surface area (Å²) in [4.78, 5) is 9.52. The Morgan fingerprint density at radius 1 is 1.11 bits per heavy atom. The van der Waals surface area contributed by atoms with Gasteiger partial charge in [-0.1, -0.05) is 42.5 Å². The molecule has 0 radical (unpaired) electrons. The maximum atomic E-state index is 9.49. The van der Waals surface area contributed by atoms with Gasteiger partial charge in [-0.25, -0.2) is 9.97 Å². The van der Waals surface area contributed by atoms with Gasteiger partial charge in [-0.3, -0.25) is 4.40 Å². The van der Waals surface area contributed by atoms with Gasteiger partial charge in [0.25, 0.3) is 0 Å². The molecule has 0 aliphatic heterocycles. The predicted molar refractivity (Wildman–Crippen MR) is 143 cm³/mol. The van der Waals surface area contributed by atoms with E-state index < -0.39 is 0 Å². The summed E-state index contributed by atoms with van der Waals surface area (Å²) < 4.78 is 8.21. The van der Waals surface area contributed by atoms with E-state index in [-0.39, 0.29) is 6.10 Å². The minimum absolute atomic E-state index is 0.308. The van der Waals surface area contributed by atoms with Crippen LogP contribution in [0, 0.1) is 5.92 Å². The number of rotatable bonds is 9. The Labute approximate surface area is 212 Å². The lowest BCUT2D eigenvalue weighted by molar-refractivity contribution is 0.186. The molecule has 1 saturated carbocycles. The van der Waals surface area contributed by atoms with Crippen molar-refractivity contribution in [1.82, 2.24) is 19.7 Å². The van der Waals surface area contributed by atoms with Gasteiger partial charge >= 0.3 is 0 Å². The van der Waals surface area contributed by atoms with Crippen molar-refractivity contribution in [2.45, 2.75) is 51.2 Å². The highest BCUT2D eigenvalue weighted by atomic mass is 16.5. The first kappa shape index (κ1) is 24.3. The molecule has 2 aromatic carbocycles. The van der Waals surface area contributed by atoms with E-state index in [2.05, 4.69) is 32.9 Å². The lowest BCUT2D eigenvalue weighted by Gasteiger charge is -2.28. The number of ether oxygens (including phenoxy) is 1. The Balaban J connectivity index is 1.36. The molecular weight excluding hydrogens is 450 g/mol. The largest absolute Gasteiger partial charge is 0.489 e. The second-order valence-corrected chi connectivity index (χ2v) is 9.88. The van der Waals surface area contributed by atoms with Crippen LogP contribution in [0.4, 0.5) is 5.82 Å². The van der Waals surface area contributed by atoms with Gasteiger partial charge in [-0.2, -0.15) is 0 Å². The summed E-state index contributed by atoms with van der Waals surface area (Å²) >= 11 is 0. The van der Waals surface area contributed by atoms with E-state index in [0.717, 1.165) is 66.1 Å². The summed E-state index contributed by atoms with van der Waals surface area (Å²) in [7, 11) is 0. The van der Waals surface area contributed by atoms with Crippen LogP contribution in [0.2, 0.25) is 0 Å². The normalized spacial score (nSPS) is 18.8. The topological polar surface area (TPSA) is 97.7 Å². The van der Waals surface area contributed by atoms with Crippen molar-refractivity contribution in [3.63, 3.8) is 0 Å². The number of aromatic nitrogens is 3. The minimum atomic E-state index is -0.308. The highest BCUT2D eigenvalue weighted by Gasteiger charge is 2.27. The standard InChI is InChI=1S/C29H35N5O2/c1-20(35)17-31-18-21-10-12-23(13-11-21)29-33-26(27-28(30)32-14-15-34(27)29)24-8-5-9-25(16-24)36-19-22-6-3-2-4-7-22/h2-9,14-16,20-21,23,31,35H,10-13,17-19H2,1H3,(H2,30,32). The molecule has 4 N–H and O–H groups in total. The van der Waals surface area contributed by atoms with Crippen LogP contribution in [0.3, 0.4) is 0 Å². The number of hydrogen-bond donors (Lipinski definition) is 3. The number of nitrogens with one attached hydrogen (secondary N) is 1. The summed E-state index contributed by atoms with van der Waals surface area (Å²) in [5.74, 6) is 3.35. The summed E-state index contributed by atoms with van der Waals surface area (Å²) in [6, 6.07) is 18.2. The van der Waals surface area contributed by atoms with Crippen molar-refractivity contribution in [3.05, 3.63) is 78.4 Å². The predicted octanol–water partition coefficient (Wildman–Crippen LogP) is 4.80. The van der Waals surface area contributed by atoms with Crippen LogP contribution in [0.15, 0.2) is 67.0 Å². The maximum Gasteiger partial charge on any atom is 0.150 e. The molecule has 2 heterocycles. The smallest absolute Gasteiger partial charge is 0.150 e. The molecule has 1 fully saturated rings. The SMILES string of the molecule is CC(O)CNCC1CCC(c2nc(-c3cccc(OCc4ccccc4)c3)c3c(N)nccn23)CC1.